The number of nitriles is 1. The maximum atomic E-state index is 12.7. The number of ketones is 1. The van der Waals surface area contributed by atoms with Gasteiger partial charge in [-0.3, -0.25) is 4.79 Å². The van der Waals surface area contributed by atoms with E-state index in [-0.39, 0.29) is 11.3 Å². The molecule has 0 saturated carbocycles. The Morgan fingerprint density at radius 3 is 2.60 bits per heavy atom. The third-order valence-corrected chi connectivity index (χ3v) is 4.46. The van der Waals surface area contributed by atoms with Crippen LogP contribution in [0.15, 0.2) is 42.5 Å². The van der Waals surface area contributed by atoms with Crippen LogP contribution in [0.25, 0.3) is 5.70 Å². The Kier molecular flexibility index (Phi) is 4.10. The first kappa shape index (κ1) is 16.8. The lowest BCUT2D eigenvalue weighted by atomic mass is 9.84. The largest absolute Gasteiger partial charge is 0.398 e. The van der Waals surface area contributed by atoms with Crippen molar-refractivity contribution < 1.29 is 4.79 Å². The predicted octanol–water partition coefficient (Wildman–Crippen LogP) is 3.60. The molecule has 1 aliphatic heterocycles. The first-order valence-corrected chi connectivity index (χ1v) is 8.23. The summed E-state index contributed by atoms with van der Waals surface area (Å²) >= 11 is 0. The second-order valence-corrected chi connectivity index (χ2v) is 7.16. The number of carbonyl (C=O) groups excluding carboxylic acids is 1. The van der Waals surface area contributed by atoms with Gasteiger partial charge >= 0.3 is 0 Å². The summed E-state index contributed by atoms with van der Waals surface area (Å²) in [6.07, 6.45) is 2.49. The molecule has 2 aromatic carbocycles. The second kappa shape index (κ2) is 6.10. The number of benzene rings is 2. The number of allylic oxidation sites excluding steroid dienone is 1. The van der Waals surface area contributed by atoms with Crippen LogP contribution in [0.2, 0.25) is 0 Å². The SMILES string of the molecule is Cc1cc2c(cc1N)/C(=C/C(=O)c1ccc(C#N)cc1)NC(C)(C)C2. The maximum absolute atomic E-state index is 12.7. The zero-order chi connectivity index (χ0) is 18.2. The van der Waals surface area contributed by atoms with Crippen molar-refractivity contribution in [2.75, 3.05) is 5.73 Å². The molecular weight excluding hydrogens is 310 g/mol. The van der Waals surface area contributed by atoms with Gasteiger partial charge in [-0.25, -0.2) is 0 Å². The molecule has 2 aromatic rings. The molecule has 0 aliphatic carbocycles. The number of hydrogen-bond acceptors (Lipinski definition) is 4. The van der Waals surface area contributed by atoms with Gasteiger partial charge in [0.2, 0.25) is 0 Å². The molecule has 0 unspecified atom stereocenters. The van der Waals surface area contributed by atoms with Crippen LogP contribution in [-0.4, -0.2) is 11.3 Å². The summed E-state index contributed by atoms with van der Waals surface area (Å²) in [5, 5.41) is 12.3. The van der Waals surface area contributed by atoms with Crippen molar-refractivity contribution in [3.05, 3.63) is 70.3 Å². The maximum Gasteiger partial charge on any atom is 0.187 e. The molecule has 0 radical (unpaired) electrons. The lowest BCUT2D eigenvalue weighted by Gasteiger charge is -2.36. The van der Waals surface area contributed by atoms with Gasteiger partial charge in [0.25, 0.3) is 0 Å². The molecule has 4 nitrogen and oxygen atoms in total. The average molecular weight is 331 g/mol. The minimum Gasteiger partial charge on any atom is -0.398 e. The van der Waals surface area contributed by atoms with Crippen LogP contribution in [0, 0.1) is 18.3 Å². The van der Waals surface area contributed by atoms with Crippen molar-refractivity contribution in [2.24, 2.45) is 0 Å². The fraction of sp³-hybridized carbons (Fsp3) is 0.238. The molecule has 0 aromatic heterocycles. The molecule has 0 fully saturated rings. The van der Waals surface area contributed by atoms with Crippen LogP contribution >= 0.6 is 0 Å². The number of fused-ring (bicyclic) bond motifs is 1. The normalized spacial score (nSPS) is 16.6. The molecule has 0 atom stereocenters. The van der Waals surface area contributed by atoms with Gasteiger partial charge in [0.1, 0.15) is 0 Å². The highest BCUT2D eigenvalue weighted by Crippen LogP contribution is 2.32. The van der Waals surface area contributed by atoms with E-state index in [0.29, 0.717) is 11.1 Å². The van der Waals surface area contributed by atoms with Gasteiger partial charge in [-0.2, -0.15) is 5.26 Å². The molecule has 0 bridgehead atoms. The summed E-state index contributed by atoms with van der Waals surface area (Å²) in [5.41, 5.74) is 11.7. The number of nitrogens with zero attached hydrogens (tertiary/aromatic N) is 1. The topological polar surface area (TPSA) is 78.9 Å². The van der Waals surface area contributed by atoms with Crippen molar-refractivity contribution in [2.45, 2.75) is 32.7 Å². The minimum absolute atomic E-state index is 0.102. The Labute approximate surface area is 148 Å². The van der Waals surface area contributed by atoms with E-state index in [1.807, 2.05) is 13.0 Å². The Bertz CT molecular complexity index is 915. The van der Waals surface area contributed by atoms with Crippen molar-refractivity contribution in [1.29, 1.82) is 5.26 Å². The van der Waals surface area contributed by atoms with E-state index in [1.165, 1.54) is 5.56 Å². The third-order valence-electron chi connectivity index (χ3n) is 4.46. The first-order chi connectivity index (χ1) is 11.8. The lowest BCUT2D eigenvalue weighted by Crippen LogP contribution is -2.44. The number of nitrogen functional groups attached to an aromatic ring is 1. The highest BCUT2D eigenvalue weighted by atomic mass is 16.1. The van der Waals surface area contributed by atoms with E-state index in [4.69, 9.17) is 11.0 Å². The van der Waals surface area contributed by atoms with E-state index < -0.39 is 0 Å². The molecular formula is C21H21N3O. The number of nitrogens with one attached hydrogen (secondary N) is 1. The number of hydrogen-bond donors (Lipinski definition) is 2. The quantitative estimate of drug-likeness (QED) is 0.501. The van der Waals surface area contributed by atoms with Crippen LogP contribution < -0.4 is 11.1 Å². The van der Waals surface area contributed by atoms with Crippen molar-refractivity contribution in [1.82, 2.24) is 5.32 Å². The Morgan fingerprint density at radius 1 is 1.28 bits per heavy atom. The van der Waals surface area contributed by atoms with Crippen molar-refractivity contribution in [3.8, 4) is 6.07 Å². The standard InChI is InChI=1S/C21H21N3O/c1-13-8-16-11-21(2,3)24-19(17(16)9-18(13)23)10-20(25)15-6-4-14(12-22)5-7-15/h4-10,24H,11,23H2,1-3H3/b19-10-. The predicted molar refractivity (Wildman–Crippen MR) is 100.0 cm³/mol. The molecule has 0 spiro atoms. The lowest BCUT2D eigenvalue weighted by molar-refractivity contribution is 0.104. The molecule has 126 valence electrons. The second-order valence-electron chi connectivity index (χ2n) is 7.16. The molecule has 4 heteroatoms. The number of nitrogens with two attached hydrogens (primary N) is 1. The number of rotatable bonds is 2. The Balaban J connectivity index is 2.03. The summed E-state index contributed by atoms with van der Waals surface area (Å²) < 4.78 is 0. The number of carbonyl (C=O) groups is 1. The van der Waals surface area contributed by atoms with Crippen LogP contribution in [0.5, 0.6) is 0 Å². The van der Waals surface area contributed by atoms with E-state index in [0.717, 1.165) is 28.9 Å². The van der Waals surface area contributed by atoms with Crippen LogP contribution in [0.3, 0.4) is 0 Å². The minimum atomic E-state index is -0.146. The van der Waals surface area contributed by atoms with E-state index in [2.05, 4.69) is 31.3 Å². The zero-order valence-electron chi connectivity index (χ0n) is 14.7. The van der Waals surface area contributed by atoms with Crippen LogP contribution in [-0.2, 0) is 6.42 Å². The molecule has 0 saturated heterocycles. The average Bonchev–Trinajstić information content (AvgIpc) is 2.56. The molecule has 1 heterocycles. The van der Waals surface area contributed by atoms with Gasteiger partial charge < -0.3 is 11.1 Å². The molecule has 1 aliphatic rings. The van der Waals surface area contributed by atoms with Crippen molar-refractivity contribution >= 4 is 17.2 Å². The summed E-state index contributed by atoms with van der Waals surface area (Å²) in [7, 11) is 0. The van der Waals surface area contributed by atoms with Gasteiger partial charge in [-0.15, -0.1) is 0 Å². The van der Waals surface area contributed by atoms with Gasteiger partial charge in [-0.05, 0) is 68.7 Å². The Hall–Kier alpha value is -3.06. The summed E-state index contributed by atoms with van der Waals surface area (Å²) in [4.78, 5) is 12.7. The monoisotopic (exact) mass is 331 g/mol. The summed E-state index contributed by atoms with van der Waals surface area (Å²) in [6.45, 7) is 6.22. The number of aryl methyl sites for hydroxylation is 1. The fourth-order valence-corrected chi connectivity index (χ4v) is 3.17. The summed E-state index contributed by atoms with van der Waals surface area (Å²) in [5.74, 6) is -0.102. The first-order valence-electron chi connectivity index (χ1n) is 8.23. The molecule has 3 N–H and O–H groups in total. The van der Waals surface area contributed by atoms with E-state index >= 15 is 0 Å². The highest BCUT2D eigenvalue weighted by molar-refractivity contribution is 6.08. The smallest absolute Gasteiger partial charge is 0.187 e. The van der Waals surface area contributed by atoms with Gasteiger partial charge in [-0.1, -0.05) is 6.07 Å². The van der Waals surface area contributed by atoms with Crippen LogP contribution in [0.1, 0.15) is 46.5 Å². The van der Waals surface area contributed by atoms with E-state index in [1.54, 1.807) is 30.3 Å². The van der Waals surface area contributed by atoms with Gasteiger partial charge in [0.15, 0.2) is 5.78 Å². The molecule has 0 amide bonds. The molecule has 25 heavy (non-hydrogen) atoms. The third kappa shape index (κ3) is 3.41. The summed E-state index contributed by atoms with van der Waals surface area (Å²) in [6, 6.07) is 12.8. The van der Waals surface area contributed by atoms with Crippen molar-refractivity contribution in [3.63, 3.8) is 0 Å². The van der Waals surface area contributed by atoms with E-state index in [9.17, 15) is 4.79 Å². The van der Waals surface area contributed by atoms with Crippen LogP contribution in [0.4, 0.5) is 5.69 Å². The molecule has 3 rings (SSSR count). The zero-order valence-corrected chi connectivity index (χ0v) is 14.7. The van der Waals surface area contributed by atoms with Gasteiger partial charge in [0.05, 0.1) is 11.6 Å². The fourth-order valence-electron chi connectivity index (χ4n) is 3.17. The Morgan fingerprint density at radius 2 is 1.96 bits per heavy atom. The highest BCUT2D eigenvalue weighted by Gasteiger charge is 2.28. The number of anilines is 1. The van der Waals surface area contributed by atoms with Gasteiger partial charge in [0, 0.05) is 34.1 Å².